The smallest absolute Gasteiger partial charge is 0.668 e. The van der Waals surface area contributed by atoms with E-state index in [0.717, 1.165) is 95.0 Å². The molecule has 0 N–H and O–H groups in total. The number of benzene rings is 5. The molecule has 127 heavy (non-hydrogen) atoms. The van der Waals surface area contributed by atoms with Crippen LogP contribution in [-0.2, 0) is 55.9 Å². The van der Waals surface area contributed by atoms with Gasteiger partial charge in [0.15, 0.2) is 19.9 Å². The molecule has 2 heterocycles. The average molecular weight is 1990 g/mol. The first-order valence-corrected chi connectivity index (χ1v) is 67.8. The van der Waals surface area contributed by atoms with Crippen molar-refractivity contribution >= 4 is 112 Å². The predicted molar refractivity (Wildman–Crippen MR) is 575 cm³/mol. The van der Waals surface area contributed by atoms with E-state index in [0.29, 0.717) is 44.2 Å². The van der Waals surface area contributed by atoms with Crippen LogP contribution >= 0.6 is 34.4 Å². The van der Waals surface area contributed by atoms with Gasteiger partial charge in [-0.15, -0.1) is 11.8 Å². The first-order chi connectivity index (χ1) is 60.0. The van der Waals surface area contributed by atoms with E-state index in [1.165, 1.54) is 61.4 Å². The fourth-order valence-electron chi connectivity index (χ4n) is 15.0. The topological polar surface area (TPSA) is 122 Å². The number of alkyl halides is 2. The fourth-order valence-corrected chi connectivity index (χ4v) is 32.1. The van der Waals surface area contributed by atoms with E-state index in [-0.39, 0.29) is 89.3 Å². The van der Waals surface area contributed by atoms with E-state index in [2.05, 4.69) is 357 Å². The number of unbranched alkanes of at least 4 members (excludes halogenated alkanes) is 4. The van der Waals surface area contributed by atoms with E-state index in [4.69, 9.17) is 46.0 Å². The molecule has 0 spiro atoms. The molecule has 5 aromatic carbocycles. The summed E-state index contributed by atoms with van der Waals surface area (Å²) in [5, 5.41) is 2.65. The van der Waals surface area contributed by atoms with Crippen LogP contribution in [0.4, 0.5) is 4.39 Å². The summed E-state index contributed by atoms with van der Waals surface area (Å²) in [6.45, 7) is 77.1. The van der Waals surface area contributed by atoms with Crippen molar-refractivity contribution < 1.29 is 74.2 Å². The van der Waals surface area contributed by atoms with E-state index < -0.39 is 60.8 Å². The van der Waals surface area contributed by atoms with Gasteiger partial charge in [-0.1, -0.05) is 395 Å². The zero-order valence-corrected chi connectivity index (χ0v) is 96.7. The second-order valence-corrected chi connectivity index (χ2v) is 74.4. The van der Waals surface area contributed by atoms with Crippen molar-refractivity contribution in [1.82, 2.24) is 0 Å². The van der Waals surface area contributed by atoms with Crippen LogP contribution in [0.3, 0.4) is 0 Å². The number of rotatable bonds is 40. The van der Waals surface area contributed by atoms with Gasteiger partial charge in [0.1, 0.15) is 6.10 Å². The van der Waals surface area contributed by atoms with Crippen LogP contribution in [-0.4, -0.2) is 134 Å². The standard InChI is InChI=1S/C50H74O5Si2.C25H36O2SSi.C21H41IO3Si.C6H18NSi2.CH3F.3CH4.Li/c1-14-15-18-24-41-34-33-38(3)46(48(51)52-35-36-56(11,12)13)44(41)29-23-30-45-47(54-50(9,10)53-45)39(4)32-31-37(2)40(5)55-57(49(6,7)8,42-25-19-16-20-26-42)43-27-21-17-22-28-43;1-6-7-9-12-21-16-15-20(2)24(25(26)27-17-18-29(3,4)5)23(21)19-28-22-13-10-8-11-14-22;1-15(2)16(3)11-12-18(25-26(9,10)20(4,5)6)19-17(13-14-22)23-21(7,8)24-19;1-8(2,3)7-9(4,5)6;1-2;;;;/h16-17,19-23,25-29,31-34,37,39-40,45,47H,14-15,18,24,30,35-36H2,1-13H3;8,10-11,13-16H,6-7,9,12,17-19H2,1-5H3;11-12,15-19H,13-14H2,1-10H3;1-6H3;1H3;3*1H4;/q;;;-1;;;;;+1/b29-23+,32-31-;;12-11-;;;;;;/t37-,39?,40+,45+,47-;;16-,17+,18?,19+;;;;;;/m1.1....../s1/i;;;;;3*1T;. The largest absolute Gasteiger partial charge is 1.00 e. The molecule has 0 aliphatic carbocycles. The third kappa shape index (κ3) is 44.5. The number of halogens is 2. The molecule has 2 unspecified atom stereocenters. The third-order valence-corrected chi connectivity index (χ3v) is 43.1. The van der Waals surface area contributed by atoms with Crippen LogP contribution in [0.5, 0.6) is 0 Å². The van der Waals surface area contributed by atoms with Gasteiger partial charge in [0.25, 0.3) is 8.32 Å². The predicted octanol–water partition coefficient (Wildman–Crippen LogP) is 28.6. The van der Waals surface area contributed by atoms with Gasteiger partial charge < -0.3 is 41.9 Å². The SMILES string of the molecule is CC(C)[C@H](C)/C=C\C(O[Si](C)(C)C(C)(C)C)[C@H]1OC(C)(C)O[C@H]1CCI.CCCCCc1ccc(C)c(C(=O)OCC[Si](C)(C)C)c1/C=C/C[C@@H]1OC(C)(C)O[C@@H]1C(C)/C=C\[C@@H](C)[C@H](C)O[Si](c1ccccc1)(c1ccccc1)C(C)(C)C.CCCCCc1ccc(C)c(C(=O)OCC[Si](C)(C)C)c1CSc1ccccc1.CF.C[Si](C)(C)[N-][Si](C)(C)C.[3H]C.[3H]C.[3H]C.[Li+]. The summed E-state index contributed by atoms with van der Waals surface area (Å²) in [6, 6.07) is 42.7. The van der Waals surface area contributed by atoms with Crippen molar-refractivity contribution in [2.24, 2.45) is 23.7 Å². The van der Waals surface area contributed by atoms with Crippen LogP contribution in [0, 0.1) is 37.5 Å². The number of carbonyl (C=O) groups excluding carboxylic acids is 2. The van der Waals surface area contributed by atoms with Crippen LogP contribution in [0.15, 0.2) is 151 Å². The first-order valence-electron chi connectivity index (χ1n) is 49.2. The Morgan fingerprint density at radius 1 is 0.559 bits per heavy atom. The molecule has 0 aromatic heterocycles. The number of thioether (sulfide) groups is 1. The van der Waals surface area contributed by atoms with Gasteiger partial charge in [-0.3, -0.25) is 4.39 Å². The molecule has 2 aliphatic heterocycles. The number of esters is 2. The zero-order valence-electron chi connectivity index (χ0n) is 90.7. The Kier molecular flexibility index (Phi) is 55.1. The third-order valence-electron chi connectivity index (χ3n) is 23.1. The maximum absolute atomic E-state index is 13.6. The molecule has 718 valence electrons. The van der Waals surface area contributed by atoms with Gasteiger partial charge in [0.2, 0.25) is 0 Å². The fraction of sp³-hybridized carbons (Fsp3) is 0.642. The summed E-state index contributed by atoms with van der Waals surface area (Å²) < 4.78 is 84.3. The normalized spacial score (nSPS) is 17.9. The van der Waals surface area contributed by atoms with Gasteiger partial charge >= 0.3 is 30.8 Å². The summed E-state index contributed by atoms with van der Waals surface area (Å²) in [4.78, 5) is 27.9. The molecule has 2 fully saturated rings. The maximum Gasteiger partial charge on any atom is 1.00 e. The van der Waals surface area contributed by atoms with Gasteiger partial charge in [-0.05, 0) is 196 Å². The Bertz CT molecular complexity index is 3950. The van der Waals surface area contributed by atoms with Crippen LogP contribution in [0.25, 0.3) is 10.7 Å². The van der Waals surface area contributed by atoms with Crippen LogP contribution in [0.1, 0.15) is 256 Å². The van der Waals surface area contributed by atoms with Crippen molar-refractivity contribution in [3.63, 3.8) is 0 Å². The van der Waals surface area contributed by atoms with Crippen LogP contribution < -0.4 is 29.2 Å². The molecule has 9 atom stereocenters. The van der Waals surface area contributed by atoms with Crippen LogP contribution in [0.2, 0.25) is 114 Å². The Morgan fingerprint density at radius 3 is 1.43 bits per heavy atom. The molecule has 21 heteroatoms. The number of carbonyl (C=O) groups is 2. The van der Waals surface area contributed by atoms with Gasteiger partial charge in [-0.25, -0.2) is 9.59 Å². The molecule has 7 rings (SSSR count). The molecule has 0 amide bonds. The minimum absolute atomic E-state index is 0. The first kappa shape index (κ1) is 120. The number of aryl methyl sites for hydroxylation is 4. The Labute approximate surface area is 820 Å². The van der Waals surface area contributed by atoms with E-state index >= 15 is 0 Å². The zero-order chi connectivity index (χ0) is 99.3. The second-order valence-electron chi connectivity index (χ2n) is 42.4. The number of ether oxygens (including phenoxy) is 6. The number of hydrogen-bond donors (Lipinski definition) is 0. The Hall–Kier alpha value is -3.11. The van der Waals surface area contributed by atoms with Gasteiger partial charge in [-0.2, -0.15) is 0 Å². The Balaban J connectivity index is 0. The minimum Gasteiger partial charge on any atom is -0.668 e. The molecule has 0 saturated carbocycles. The van der Waals surface area contributed by atoms with E-state index in [9.17, 15) is 14.0 Å². The van der Waals surface area contributed by atoms with E-state index in [1.807, 2.05) is 47.6 Å². The number of allylic oxidation sites excluding steroid dienone is 1. The van der Waals surface area contributed by atoms with Crippen molar-refractivity contribution in [1.29, 1.82) is 0 Å². The summed E-state index contributed by atoms with van der Waals surface area (Å²) in [6.07, 6.45) is 23.7. The molecule has 2 saturated heterocycles. The monoisotopic (exact) mass is 1990 g/mol. The van der Waals surface area contributed by atoms with Gasteiger partial charge in [0, 0.05) is 47.4 Å². The summed E-state index contributed by atoms with van der Waals surface area (Å²) >= 11 is 4.21. The minimum atomic E-state index is -2.69. The van der Waals surface area contributed by atoms with Crippen molar-refractivity contribution in [2.75, 3.05) is 24.8 Å². The van der Waals surface area contributed by atoms with Crippen molar-refractivity contribution in [3.05, 3.63) is 195 Å². The maximum atomic E-state index is 13.6. The number of hydrogen-bond acceptors (Lipinski definition) is 11. The molecular formula is C106H184FILiNO10SSi6. The van der Waals surface area contributed by atoms with E-state index in [1.54, 1.807) is 11.8 Å². The van der Waals surface area contributed by atoms with Crippen molar-refractivity contribution in [2.45, 2.75) is 398 Å². The quantitative estimate of drug-likeness (QED) is 0.00709. The average Bonchev–Trinajstić information content (AvgIpc) is 0.974. The number of nitrogens with zero attached hydrogens (tertiary/aromatic N) is 1. The summed E-state index contributed by atoms with van der Waals surface area (Å²) in [5.74, 6) is 0.578. The molecule has 0 radical (unpaired) electrons. The Morgan fingerprint density at radius 2 is 0.992 bits per heavy atom. The van der Waals surface area contributed by atoms with Gasteiger partial charge in [0.05, 0.1) is 55.9 Å². The molecule has 0 bridgehead atoms. The molecule has 2 aliphatic rings. The summed E-state index contributed by atoms with van der Waals surface area (Å²) in [7, 11) is -5.13. The molecule has 11 nitrogen and oxygen atoms in total. The second kappa shape index (κ2) is 58.3. The molecule has 5 aromatic rings. The molecular weight excluding hydrogens is 1800 g/mol. The summed E-state index contributed by atoms with van der Waals surface area (Å²) in [5.41, 5.74) is 8.09. The van der Waals surface area contributed by atoms with Crippen molar-refractivity contribution in [3.8, 4) is 0 Å².